The van der Waals surface area contributed by atoms with Crippen LogP contribution in [0.1, 0.15) is 18.4 Å². The molecule has 1 atom stereocenters. The molecule has 2 heterocycles. The molecule has 0 bridgehead atoms. The normalized spacial score (nSPS) is 16.1. The van der Waals surface area contributed by atoms with Gasteiger partial charge in [0.25, 0.3) is 5.56 Å². The van der Waals surface area contributed by atoms with Crippen molar-refractivity contribution >= 4 is 17.3 Å². The number of nitrogens with zero attached hydrogens (tertiary/aromatic N) is 1. The Balaban J connectivity index is 1.80. The number of carbonyl (C=O) groups is 1. The first-order valence-corrected chi connectivity index (χ1v) is 7.03. The molecule has 0 fully saturated rings. The van der Waals surface area contributed by atoms with Gasteiger partial charge in [-0.15, -0.1) is 0 Å². The summed E-state index contributed by atoms with van der Waals surface area (Å²) in [6.45, 7) is 3.07. The van der Waals surface area contributed by atoms with E-state index in [9.17, 15) is 9.59 Å². The van der Waals surface area contributed by atoms with Gasteiger partial charge in [0.2, 0.25) is 5.91 Å². The van der Waals surface area contributed by atoms with E-state index in [1.165, 1.54) is 6.07 Å². The molecule has 2 N–H and O–H groups in total. The first kappa shape index (κ1) is 13.4. The van der Waals surface area contributed by atoms with E-state index in [-0.39, 0.29) is 17.4 Å². The monoisotopic (exact) mass is 283 g/mol. The van der Waals surface area contributed by atoms with Gasteiger partial charge in [-0.1, -0.05) is 18.2 Å². The molecule has 1 aromatic heterocycles. The van der Waals surface area contributed by atoms with Crippen LogP contribution in [0.5, 0.6) is 0 Å². The van der Waals surface area contributed by atoms with Crippen molar-refractivity contribution in [1.29, 1.82) is 0 Å². The van der Waals surface area contributed by atoms with Crippen LogP contribution in [0.2, 0.25) is 0 Å². The molecule has 0 saturated heterocycles. The van der Waals surface area contributed by atoms with Crippen LogP contribution in [0.15, 0.2) is 47.4 Å². The lowest BCUT2D eigenvalue weighted by Crippen LogP contribution is -2.24. The van der Waals surface area contributed by atoms with E-state index in [4.69, 9.17) is 0 Å². The lowest BCUT2D eigenvalue weighted by molar-refractivity contribution is -0.117. The van der Waals surface area contributed by atoms with Crippen LogP contribution in [0.4, 0.5) is 11.4 Å². The summed E-state index contributed by atoms with van der Waals surface area (Å²) in [6.07, 6.45) is 1.68. The number of aryl methyl sites for hydroxylation is 1. The maximum Gasteiger partial charge on any atom is 0.250 e. The summed E-state index contributed by atoms with van der Waals surface area (Å²) in [4.78, 5) is 24.0. The number of rotatable bonds is 3. The minimum Gasteiger partial charge on any atom is -0.384 e. The SMILES string of the molecule is CCn1cc(NC(=O)C2CNc3ccccc32)ccc1=O. The lowest BCUT2D eigenvalue weighted by atomic mass is 10.0. The minimum absolute atomic E-state index is 0.0613. The van der Waals surface area contributed by atoms with Gasteiger partial charge < -0.3 is 15.2 Å². The van der Waals surface area contributed by atoms with Crippen molar-refractivity contribution in [3.63, 3.8) is 0 Å². The predicted molar refractivity (Wildman–Crippen MR) is 82.7 cm³/mol. The number of aromatic nitrogens is 1. The van der Waals surface area contributed by atoms with Crippen molar-refractivity contribution in [3.8, 4) is 0 Å². The number of nitrogens with one attached hydrogen (secondary N) is 2. The number of carbonyl (C=O) groups excluding carboxylic acids is 1. The summed E-state index contributed by atoms with van der Waals surface area (Å²) in [5.74, 6) is -0.267. The molecule has 2 aromatic rings. The van der Waals surface area contributed by atoms with Crippen molar-refractivity contribution in [3.05, 3.63) is 58.5 Å². The summed E-state index contributed by atoms with van der Waals surface area (Å²) in [5, 5.41) is 6.12. The van der Waals surface area contributed by atoms with Gasteiger partial charge in [0.05, 0.1) is 11.6 Å². The molecule has 1 aromatic carbocycles. The Bertz CT molecular complexity index is 736. The standard InChI is InChI=1S/C16H17N3O2/c1-2-19-10-11(7-8-15(19)20)18-16(21)13-9-17-14-6-4-3-5-12(13)14/h3-8,10,13,17H,2,9H2,1H3,(H,18,21). The van der Waals surface area contributed by atoms with Gasteiger partial charge in [-0.3, -0.25) is 9.59 Å². The molecule has 0 aliphatic carbocycles. The Hall–Kier alpha value is -2.56. The minimum atomic E-state index is -0.205. The fourth-order valence-corrected chi connectivity index (χ4v) is 2.60. The van der Waals surface area contributed by atoms with E-state index in [1.54, 1.807) is 16.8 Å². The third kappa shape index (κ3) is 2.54. The fourth-order valence-electron chi connectivity index (χ4n) is 2.60. The van der Waals surface area contributed by atoms with Gasteiger partial charge in [0.1, 0.15) is 0 Å². The zero-order chi connectivity index (χ0) is 14.8. The van der Waals surface area contributed by atoms with Crippen LogP contribution in [-0.2, 0) is 11.3 Å². The third-order valence-corrected chi connectivity index (χ3v) is 3.74. The Kier molecular flexibility index (Phi) is 3.48. The van der Waals surface area contributed by atoms with E-state index in [0.29, 0.717) is 18.8 Å². The van der Waals surface area contributed by atoms with Crippen molar-refractivity contribution in [2.45, 2.75) is 19.4 Å². The largest absolute Gasteiger partial charge is 0.384 e. The van der Waals surface area contributed by atoms with Crippen LogP contribution < -0.4 is 16.2 Å². The average Bonchev–Trinajstić information content (AvgIpc) is 2.93. The molecule has 5 heteroatoms. The number of pyridine rings is 1. The smallest absolute Gasteiger partial charge is 0.250 e. The zero-order valence-corrected chi connectivity index (χ0v) is 11.8. The summed E-state index contributed by atoms with van der Waals surface area (Å²) >= 11 is 0. The number of para-hydroxylation sites is 1. The predicted octanol–water partition coefficient (Wildman–Crippen LogP) is 2.02. The van der Waals surface area contributed by atoms with Crippen LogP contribution in [0.3, 0.4) is 0 Å². The van der Waals surface area contributed by atoms with Crippen molar-refractivity contribution < 1.29 is 4.79 Å². The van der Waals surface area contributed by atoms with Crippen molar-refractivity contribution in [1.82, 2.24) is 4.57 Å². The molecule has 108 valence electrons. The summed E-state index contributed by atoms with van der Waals surface area (Å²) < 4.78 is 1.57. The highest BCUT2D eigenvalue weighted by Gasteiger charge is 2.28. The van der Waals surface area contributed by atoms with Gasteiger partial charge in [-0.05, 0) is 24.6 Å². The van der Waals surface area contributed by atoms with Crippen LogP contribution in [0, 0.1) is 0 Å². The molecule has 1 amide bonds. The van der Waals surface area contributed by atoms with E-state index >= 15 is 0 Å². The first-order chi connectivity index (χ1) is 10.2. The molecule has 5 nitrogen and oxygen atoms in total. The van der Waals surface area contributed by atoms with Gasteiger partial charge in [-0.2, -0.15) is 0 Å². The highest BCUT2D eigenvalue weighted by molar-refractivity contribution is 5.98. The quantitative estimate of drug-likeness (QED) is 0.906. The molecule has 0 spiro atoms. The Morgan fingerprint density at radius 2 is 2.14 bits per heavy atom. The van der Waals surface area contributed by atoms with E-state index in [0.717, 1.165) is 11.3 Å². The van der Waals surface area contributed by atoms with Gasteiger partial charge in [0, 0.05) is 31.0 Å². The Morgan fingerprint density at radius 1 is 1.33 bits per heavy atom. The van der Waals surface area contributed by atoms with Gasteiger partial charge >= 0.3 is 0 Å². The fraction of sp³-hybridized carbons (Fsp3) is 0.250. The molecular weight excluding hydrogens is 266 g/mol. The first-order valence-electron chi connectivity index (χ1n) is 7.03. The molecule has 1 aliphatic heterocycles. The number of hydrogen-bond acceptors (Lipinski definition) is 3. The second-order valence-electron chi connectivity index (χ2n) is 5.05. The molecule has 0 saturated carbocycles. The van der Waals surface area contributed by atoms with E-state index < -0.39 is 0 Å². The maximum atomic E-state index is 12.4. The second kappa shape index (κ2) is 5.44. The van der Waals surface area contributed by atoms with Gasteiger partial charge in [-0.25, -0.2) is 0 Å². The molecule has 21 heavy (non-hydrogen) atoms. The van der Waals surface area contributed by atoms with Crippen molar-refractivity contribution in [2.75, 3.05) is 17.2 Å². The lowest BCUT2D eigenvalue weighted by Gasteiger charge is -2.12. The third-order valence-electron chi connectivity index (χ3n) is 3.74. The van der Waals surface area contributed by atoms with Crippen LogP contribution in [0.25, 0.3) is 0 Å². The summed E-state index contributed by atoms with van der Waals surface area (Å²) in [6, 6.07) is 10.9. The average molecular weight is 283 g/mol. The van der Waals surface area contributed by atoms with Gasteiger partial charge in [0.15, 0.2) is 0 Å². The molecular formula is C16H17N3O2. The van der Waals surface area contributed by atoms with Crippen molar-refractivity contribution in [2.24, 2.45) is 0 Å². The molecule has 0 radical (unpaired) electrons. The number of benzene rings is 1. The second-order valence-corrected chi connectivity index (χ2v) is 5.05. The topological polar surface area (TPSA) is 63.1 Å². The number of fused-ring (bicyclic) bond motifs is 1. The molecule has 1 unspecified atom stereocenters. The number of amides is 1. The Labute approximate surface area is 122 Å². The summed E-state index contributed by atoms with van der Waals surface area (Å²) in [5.41, 5.74) is 2.60. The zero-order valence-electron chi connectivity index (χ0n) is 11.8. The number of hydrogen-bond donors (Lipinski definition) is 2. The van der Waals surface area contributed by atoms with E-state index in [2.05, 4.69) is 10.6 Å². The Morgan fingerprint density at radius 3 is 2.95 bits per heavy atom. The van der Waals surface area contributed by atoms with Crippen LogP contribution >= 0.6 is 0 Å². The summed E-state index contributed by atoms with van der Waals surface area (Å²) in [7, 11) is 0. The van der Waals surface area contributed by atoms with Crippen LogP contribution in [-0.4, -0.2) is 17.0 Å². The maximum absolute atomic E-state index is 12.4. The highest BCUT2D eigenvalue weighted by Crippen LogP contribution is 2.31. The highest BCUT2D eigenvalue weighted by atomic mass is 16.2. The molecule has 1 aliphatic rings. The number of anilines is 2. The van der Waals surface area contributed by atoms with E-state index in [1.807, 2.05) is 31.2 Å². The molecule has 3 rings (SSSR count).